The summed E-state index contributed by atoms with van der Waals surface area (Å²) in [7, 11) is 0. The highest BCUT2D eigenvalue weighted by Crippen LogP contribution is 2.08. The third-order valence-corrected chi connectivity index (χ3v) is 2.50. The average Bonchev–Trinajstić information content (AvgIpc) is 2.19. The van der Waals surface area contributed by atoms with E-state index in [0.29, 0.717) is 0 Å². The Hall–Kier alpha value is -1.13. The monoisotopic (exact) mass is 193 g/mol. The van der Waals surface area contributed by atoms with Crippen molar-refractivity contribution < 1.29 is 0 Å². The van der Waals surface area contributed by atoms with Crippen molar-refractivity contribution in [1.29, 1.82) is 0 Å². The van der Waals surface area contributed by atoms with Gasteiger partial charge in [-0.3, -0.25) is 4.79 Å². The number of piperazine rings is 1. The van der Waals surface area contributed by atoms with E-state index in [1.54, 1.807) is 0 Å². The minimum Gasteiger partial charge on any atom is -0.326 e. The quantitative estimate of drug-likeness (QED) is 0.584. The number of aromatic amines is 1. The summed E-state index contributed by atoms with van der Waals surface area (Å²) < 4.78 is 0. The zero-order valence-corrected chi connectivity index (χ0v) is 8.26. The molecule has 1 aromatic rings. The maximum atomic E-state index is 11.6. The third-order valence-electron chi connectivity index (χ3n) is 2.50. The van der Waals surface area contributed by atoms with Crippen LogP contribution < -0.4 is 16.2 Å². The molecule has 1 aliphatic rings. The molecule has 0 saturated carbocycles. The fraction of sp³-hybridized carbons (Fsp3) is 0.500. The summed E-state index contributed by atoms with van der Waals surface area (Å²) in [6, 6.07) is 3.99. The van der Waals surface area contributed by atoms with Crippen molar-refractivity contribution in [3.63, 3.8) is 0 Å². The lowest BCUT2D eigenvalue weighted by molar-refractivity contribution is 0.427. The van der Waals surface area contributed by atoms with Gasteiger partial charge in [0.25, 0.3) is 5.56 Å². The number of pyridine rings is 1. The van der Waals surface area contributed by atoms with Crippen molar-refractivity contribution in [3.8, 4) is 0 Å². The van der Waals surface area contributed by atoms with Crippen LogP contribution in [0, 0.1) is 6.92 Å². The van der Waals surface area contributed by atoms with Gasteiger partial charge in [-0.1, -0.05) is 6.07 Å². The molecule has 1 saturated heterocycles. The van der Waals surface area contributed by atoms with Gasteiger partial charge in [0.2, 0.25) is 0 Å². The van der Waals surface area contributed by atoms with Crippen molar-refractivity contribution in [3.05, 3.63) is 33.7 Å². The second-order valence-corrected chi connectivity index (χ2v) is 3.64. The molecular weight excluding hydrogens is 178 g/mol. The minimum atomic E-state index is 0.0196. The number of H-pyrrole nitrogens is 1. The Bertz CT molecular complexity index is 366. The van der Waals surface area contributed by atoms with Gasteiger partial charge in [0.05, 0.1) is 6.04 Å². The molecule has 0 unspecified atom stereocenters. The summed E-state index contributed by atoms with van der Waals surface area (Å²) in [6.45, 7) is 4.60. The van der Waals surface area contributed by atoms with Crippen molar-refractivity contribution in [2.24, 2.45) is 0 Å². The highest BCUT2D eigenvalue weighted by molar-refractivity contribution is 5.18. The molecule has 2 heterocycles. The van der Waals surface area contributed by atoms with Gasteiger partial charge in [-0.2, -0.15) is 0 Å². The Kier molecular flexibility index (Phi) is 2.65. The lowest BCUT2D eigenvalue weighted by atomic mass is 10.1. The van der Waals surface area contributed by atoms with Crippen LogP contribution in [-0.4, -0.2) is 24.6 Å². The van der Waals surface area contributed by atoms with E-state index in [2.05, 4.69) is 15.6 Å². The molecule has 0 bridgehead atoms. The summed E-state index contributed by atoms with van der Waals surface area (Å²) in [5.41, 5.74) is 1.75. The fourth-order valence-corrected chi connectivity index (χ4v) is 1.73. The van der Waals surface area contributed by atoms with Gasteiger partial charge < -0.3 is 15.6 Å². The molecule has 0 radical (unpaired) electrons. The second-order valence-electron chi connectivity index (χ2n) is 3.64. The molecular formula is C10H15N3O. The number of hydrogen-bond donors (Lipinski definition) is 3. The molecule has 0 aliphatic carbocycles. The molecule has 1 aliphatic heterocycles. The largest absolute Gasteiger partial charge is 0.326 e. The Morgan fingerprint density at radius 3 is 2.86 bits per heavy atom. The normalized spacial score (nSPS) is 22.2. The molecule has 2 rings (SSSR count). The van der Waals surface area contributed by atoms with Crippen LogP contribution in [0.4, 0.5) is 0 Å². The van der Waals surface area contributed by atoms with Crippen LogP contribution >= 0.6 is 0 Å². The topological polar surface area (TPSA) is 56.9 Å². The second kappa shape index (κ2) is 3.94. The third kappa shape index (κ3) is 1.86. The van der Waals surface area contributed by atoms with Crippen LogP contribution in [0.1, 0.15) is 17.3 Å². The summed E-state index contributed by atoms with van der Waals surface area (Å²) in [6.07, 6.45) is 0. The van der Waals surface area contributed by atoms with Crippen molar-refractivity contribution in [2.45, 2.75) is 13.0 Å². The molecule has 0 aromatic carbocycles. The molecule has 0 spiro atoms. The predicted octanol–water partition coefficient (Wildman–Crippen LogP) is -0.0828. The van der Waals surface area contributed by atoms with Crippen LogP contribution in [0.5, 0.6) is 0 Å². The Morgan fingerprint density at radius 1 is 1.36 bits per heavy atom. The molecule has 4 nitrogen and oxygen atoms in total. The Balaban J connectivity index is 2.26. The van der Waals surface area contributed by atoms with Crippen molar-refractivity contribution in [2.75, 3.05) is 19.6 Å². The lowest BCUT2D eigenvalue weighted by Gasteiger charge is -2.24. The standard InChI is InChI=1S/C10H15N3O/c1-7-2-3-8(10(14)13-7)9-6-11-4-5-12-9/h2-3,9,11-12H,4-6H2,1H3,(H,13,14)/t9-/m0/s1. The molecule has 1 aromatic heterocycles. The van der Waals surface area contributed by atoms with Gasteiger partial charge in [0.15, 0.2) is 0 Å². The number of rotatable bonds is 1. The zero-order valence-electron chi connectivity index (χ0n) is 8.26. The van der Waals surface area contributed by atoms with Gasteiger partial charge in [-0.15, -0.1) is 0 Å². The summed E-state index contributed by atoms with van der Waals surface area (Å²) in [4.78, 5) is 14.4. The van der Waals surface area contributed by atoms with Gasteiger partial charge in [-0.25, -0.2) is 0 Å². The summed E-state index contributed by atoms with van der Waals surface area (Å²) in [5.74, 6) is 0. The van der Waals surface area contributed by atoms with Crippen LogP contribution in [0.15, 0.2) is 16.9 Å². The van der Waals surface area contributed by atoms with E-state index < -0.39 is 0 Å². The predicted molar refractivity (Wildman–Crippen MR) is 55.4 cm³/mol. The first-order chi connectivity index (χ1) is 6.77. The summed E-state index contributed by atoms with van der Waals surface area (Å²) in [5, 5.41) is 6.57. The highest BCUT2D eigenvalue weighted by atomic mass is 16.1. The Morgan fingerprint density at radius 2 is 2.21 bits per heavy atom. The molecule has 14 heavy (non-hydrogen) atoms. The van der Waals surface area contributed by atoms with E-state index in [-0.39, 0.29) is 11.6 Å². The van der Waals surface area contributed by atoms with Gasteiger partial charge in [0, 0.05) is 30.9 Å². The van der Waals surface area contributed by atoms with Crippen LogP contribution in [0.25, 0.3) is 0 Å². The number of hydrogen-bond acceptors (Lipinski definition) is 3. The van der Waals surface area contributed by atoms with Crippen molar-refractivity contribution in [1.82, 2.24) is 15.6 Å². The van der Waals surface area contributed by atoms with Gasteiger partial charge >= 0.3 is 0 Å². The van der Waals surface area contributed by atoms with Crippen LogP contribution in [0.3, 0.4) is 0 Å². The number of aryl methyl sites for hydroxylation is 1. The maximum absolute atomic E-state index is 11.6. The van der Waals surface area contributed by atoms with E-state index >= 15 is 0 Å². The molecule has 4 heteroatoms. The first-order valence-electron chi connectivity index (χ1n) is 4.91. The molecule has 76 valence electrons. The number of nitrogens with one attached hydrogen (secondary N) is 3. The Labute approximate surface area is 82.7 Å². The van der Waals surface area contributed by atoms with Crippen LogP contribution in [0.2, 0.25) is 0 Å². The smallest absolute Gasteiger partial charge is 0.252 e. The number of aromatic nitrogens is 1. The highest BCUT2D eigenvalue weighted by Gasteiger charge is 2.16. The SMILES string of the molecule is Cc1ccc([C@@H]2CNCCN2)c(=O)[nH]1. The summed E-state index contributed by atoms with van der Waals surface area (Å²) >= 11 is 0. The first kappa shape index (κ1) is 9.43. The van der Waals surface area contributed by atoms with E-state index in [4.69, 9.17) is 0 Å². The van der Waals surface area contributed by atoms with Crippen molar-refractivity contribution >= 4 is 0 Å². The zero-order chi connectivity index (χ0) is 9.97. The fourth-order valence-electron chi connectivity index (χ4n) is 1.73. The van der Waals surface area contributed by atoms with Gasteiger partial charge in [0.1, 0.15) is 0 Å². The van der Waals surface area contributed by atoms with Gasteiger partial charge in [-0.05, 0) is 13.0 Å². The van der Waals surface area contributed by atoms with Crippen LogP contribution in [-0.2, 0) is 0 Å². The molecule has 1 fully saturated rings. The van der Waals surface area contributed by atoms with E-state index in [1.165, 1.54) is 0 Å². The molecule has 1 atom stereocenters. The minimum absolute atomic E-state index is 0.0196. The van der Waals surface area contributed by atoms with E-state index in [1.807, 2.05) is 19.1 Å². The van der Waals surface area contributed by atoms with E-state index in [0.717, 1.165) is 30.9 Å². The van der Waals surface area contributed by atoms with E-state index in [9.17, 15) is 4.79 Å². The average molecular weight is 193 g/mol. The molecule has 3 N–H and O–H groups in total. The first-order valence-corrected chi connectivity index (χ1v) is 4.91. The maximum Gasteiger partial charge on any atom is 0.252 e. The lowest BCUT2D eigenvalue weighted by Crippen LogP contribution is -2.44. The molecule has 0 amide bonds.